The Morgan fingerprint density at radius 3 is 2.83 bits per heavy atom. The van der Waals surface area contributed by atoms with Gasteiger partial charge in [-0.1, -0.05) is 17.8 Å². The lowest BCUT2D eigenvalue weighted by Crippen LogP contribution is -2.38. The van der Waals surface area contributed by atoms with Crippen LogP contribution in [0.25, 0.3) is 0 Å². The number of fused-ring (bicyclic) bond motifs is 1. The largest absolute Gasteiger partial charge is 0.492 e. The molecule has 156 valence electrons. The zero-order chi connectivity index (χ0) is 20.4. The molecule has 1 unspecified atom stereocenters. The Labute approximate surface area is 175 Å². The second kappa shape index (κ2) is 8.54. The average Bonchev–Trinajstić information content (AvgIpc) is 3.02. The lowest BCUT2D eigenvalue weighted by Gasteiger charge is -2.30. The summed E-state index contributed by atoms with van der Waals surface area (Å²) >= 11 is 1.61. The molecule has 2 aliphatic heterocycles. The van der Waals surface area contributed by atoms with Crippen molar-refractivity contribution < 1.29 is 9.47 Å². The summed E-state index contributed by atoms with van der Waals surface area (Å²) in [5.41, 5.74) is 8.94. The van der Waals surface area contributed by atoms with Crippen molar-refractivity contribution in [2.24, 2.45) is 0 Å². The molecule has 3 N–H and O–H groups in total. The van der Waals surface area contributed by atoms with E-state index in [0.717, 1.165) is 65.8 Å². The number of morpholine rings is 1. The first-order valence-electron chi connectivity index (χ1n) is 9.95. The zero-order valence-electron chi connectivity index (χ0n) is 17.1. The molecule has 0 radical (unpaired) electrons. The van der Waals surface area contributed by atoms with Crippen LogP contribution >= 0.6 is 11.8 Å². The summed E-state index contributed by atoms with van der Waals surface area (Å²) in [6.07, 6.45) is 0.185. The van der Waals surface area contributed by atoms with E-state index in [1.165, 1.54) is 0 Å². The number of nitrogens with two attached hydrogens (primary N) is 1. The van der Waals surface area contributed by atoms with Crippen LogP contribution in [0.5, 0.6) is 5.75 Å². The molecule has 0 saturated carbocycles. The quantitative estimate of drug-likeness (QED) is 0.419. The number of hydrogen-bond donors (Lipinski definition) is 2. The van der Waals surface area contributed by atoms with Crippen LogP contribution in [0.3, 0.4) is 0 Å². The molecule has 2 aliphatic rings. The highest BCUT2D eigenvalue weighted by molar-refractivity contribution is 7.98. The van der Waals surface area contributed by atoms with Gasteiger partial charge in [0.1, 0.15) is 11.4 Å². The van der Waals surface area contributed by atoms with Gasteiger partial charge in [0.05, 0.1) is 31.7 Å². The van der Waals surface area contributed by atoms with Crippen molar-refractivity contribution in [3.8, 4) is 5.75 Å². The van der Waals surface area contributed by atoms with E-state index < -0.39 is 0 Å². The molecule has 2 aromatic rings. The molecule has 9 heteroatoms. The zero-order valence-corrected chi connectivity index (χ0v) is 18.0. The number of nitrogen functional groups attached to an aromatic ring is 1. The summed E-state index contributed by atoms with van der Waals surface area (Å²) in [4.78, 5) is 14.2. The maximum atomic E-state index is 6.10. The number of aromatic nitrogens is 2. The van der Waals surface area contributed by atoms with Crippen molar-refractivity contribution in [1.29, 1.82) is 0 Å². The fraction of sp³-hybridized carbons (Fsp3) is 0.500. The van der Waals surface area contributed by atoms with Gasteiger partial charge in [0.25, 0.3) is 0 Å². The minimum Gasteiger partial charge on any atom is -0.492 e. The topological polar surface area (TPSA) is 88.8 Å². The van der Waals surface area contributed by atoms with E-state index in [-0.39, 0.29) is 6.17 Å². The number of rotatable bonds is 6. The molecule has 0 amide bonds. The highest BCUT2D eigenvalue weighted by Crippen LogP contribution is 2.41. The number of nitrogens with zero attached hydrogens (tertiary/aromatic N) is 4. The van der Waals surface area contributed by atoms with Gasteiger partial charge in [0, 0.05) is 25.9 Å². The van der Waals surface area contributed by atoms with E-state index >= 15 is 0 Å². The van der Waals surface area contributed by atoms with E-state index in [0.29, 0.717) is 12.3 Å². The highest BCUT2D eigenvalue weighted by Gasteiger charge is 2.31. The SMILES string of the molecule is CCOc1ccc(CSc2nc3c(c(N4CCOCC4)n2)N(C)C(C)N3)cc1N. The first-order chi connectivity index (χ1) is 14.1. The molecule has 0 spiro atoms. The summed E-state index contributed by atoms with van der Waals surface area (Å²) in [6.45, 7) is 7.80. The van der Waals surface area contributed by atoms with E-state index in [9.17, 15) is 0 Å². The van der Waals surface area contributed by atoms with Crippen LogP contribution < -0.4 is 25.6 Å². The van der Waals surface area contributed by atoms with E-state index in [1.807, 2.05) is 25.1 Å². The fourth-order valence-electron chi connectivity index (χ4n) is 3.52. The summed E-state index contributed by atoms with van der Waals surface area (Å²) < 4.78 is 11.0. The monoisotopic (exact) mass is 416 g/mol. The third-order valence-electron chi connectivity index (χ3n) is 5.18. The molecule has 1 aromatic carbocycles. The predicted molar refractivity (Wildman–Crippen MR) is 118 cm³/mol. The molecule has 4 rings (SSSR count). The Morgan fingerprint density at radius 2 is 2.10 bits per heavy atom. The number of hydrogen-bond acceptors (Lipinski definition) is 9. The second-order valence-corrected chi connectivity index (χ2v) is 8.09. The van der Waals surface area contributed by atoms with Crippen molar-refractivity contribution in [2.45, 2.75) is 30.9 Å². The molecule has 29 heavy (non-hydrogen) atoms. The first-order valence-corrected chi connectivity index (χ1v) is 10.9. The fourth-order valence-corrected chi connectivity index (χ4v) is 4.30. The molecule has 0 aliphatic carbocycles. The van der Waals surface area contributed by atoms with Crippen LogP contribution in [0.1, 0.15) is 19.4 Å². The van der Waals surface area contributed by atoms with Crippen molar-refractivity contribution in [3.63, 3.8) is 0 Å². The Morgan fingerprint density at radius 1 is 1.31 bits per heavy atom. The third-order valence-corrected chi connectivity index (χ3v) is 6.10. The summed E-state index contributed by atoms with van der Waals surface area (Å²) in [5.74, 6) is 3.34. The molecule has 1 atom stereocenters. The van der Waals surface area contributed by atoms with E-state index in [1.54, 1.807) is 11.8 Å². The average molecular weight is 417 g/mol. The van der Waals surface area contributed by atoms with Crippen LogP contribution in [0, 0.1) is 0 Å². The minimum absolute atomic E-state index is 0.185. The van der Waals surface area contributed by atoms with Crippen molar-refractivity contribution in [2.75, 3.05) is 60.8 Å². The Hall–Kier alpha value is -2.39. The van der Waals surface area contributed by atoms with E-state index in [4.69, 9.17) is 25.2 Å². The van der Waals surface area contributed by atoms with Crippen molar-refractivity contribution in [1.82, 2.24) is 9.97 Å². The molecule has 8 nitrogen and oxygen atoms in total. The van der Waals surface area contributed by atoms with Gasteiger partial charge in [0.15, 0.2) is 16.8 Å². The number of anilines is 4. The Bertz CT molecular complexity index is 874. The second-order valence-electron chi connectivity index (χ2n) is 7.15. The Kier molecular flexibility index (Phi) is 5.86. The smallest absolute Gasteiger partial charge is 0.191 e. The lowest BCUT2D eigenvalue weighted by molar-refractivity contribution is 0.122. The number of nitrogens with one attached hydrogen (secondary N) is 1. The summed E-state index contributed by atoms with van der Waals surface area (Å²) in [7, 11) is 2.08. The predicted octanol–water partition coefficient (Wildman–Crippen LogP) is 2.79. The highest BCUT2D eigenvalue weighted by atomic mass is 32.2. The van der Waals surface area contributed by atoms with Crippen molar-refractivity contribution >= 4 is 34.8 Å². The molecule has 3 heterocycles. The third kappa shape index (κ3) is 4.16. The van der Waals surface area contributed by atoms with Gasteiger partial charge in [-0.2, -0.15) is 0 Å². The maximum Gasteiger partial charge on any atom is 0.191 e. The van der Waals surface area contributed by atoms with Crippen LogP contribution in [0.15, 0.2) is 23.4 Å². The number of ether oxygens (including phenoxy) is 2. The first kappa shape index (κ1) is 19.9. The molecular formula is C20H28N6O2S. The van der Waals surface area contributed by atoms with Crippen LogP contribution in [-0.4, -0.2) is 56.1 Å². The van der Waals surface area contributed by atoms with Crippen molar-refractivity contribution in [3.05, 3.63) is 23.8 Å². The van der Waals surface area contributed by atoms with Gasteiger partial charge in [-0.3, -0.25) is 0 Å². The molecule has 1 saturated heterocycles. The molecule has 0 bridgehead atoms. The number of benzene rings is 1. The summed E-state index contributed by atoms with van der Waals surface area (Å²) in [5, 5.41) is 4.22. The van der Waals surface area contributed by atoms with Gasteiger partial charge >= 0.3 is 0 Å². The molecule has 1 fully saturated rings. The number of thioether (sulfide) groups is 1. The van der Waals surface area contributed by atoms with Gasteiger partial charge in [-0.15, -0.1) is 0 Å². The van der Waals surface area contributed by atoms with Gasteiger partial charge in [-0.05, 0) is 31.5 Å². The summed E-state index contributed by atoms with van der Waals surface area (Å²) in [6, 6.07) is 5.93. The molecule has 1 aromatic heterocycles. The maximum absolute atomic E-state index is 6.10. The van der Waals surface area contributed by atoms with Crippen LogP contribution in [0.2, 0.25) is 0 Å². The normalized spacial score (nSPS) is 18.5. The van der Waals surface area contributed by atoms with Crippen LogP contribution in [-0.2, 0) is 10.5 Å². The van der Waals surface area contributed by atoms with Gasteiger partial charge in [-0.25, -0.2) is 9.97 Å². The minimum atomic E-state index is 0.185. The van der Waals surface area contributed by atoms with Gasteiger partial charge < -0.3 is 30.3 Å². The lowest BCUT2D eigenvalue weighted by atomic mass is 10.2. The Balaban J connectivity index is 1.56. The standard InChI is InChI=1S/C20H28N6O2S/c1-4-28-16-6-5-14(11-15(16)21)12-29-20-23-18-17(25(3)13(2)22-18)19(24-20)26-7-9-27-10-8-26/h5-6,11,13H,4,7-10,12,21H2,1-3H3,(H,22,23,24). The van der Waals surface area contributed by atoms with E-state index in [2.05, 4.69) is 29.1 Å². The molecular weight excluding hydrogens is 388 g/mol. The van der Waals surface area contributed by atoms with Gasteiger partial charge in [0.2, 0.25) is 0 Å². The van der Waals surface area contributed by atoms with Crippen LogP contribution in [0.4, 0.5) is 23.0 Å².